The number of nitrogens with zero attached hydrogens (tertiary/aromatic N) is 2. The van der Waals surface area contributed by atoms with Gasteiger partial charge in [0.1, 0.15) is 5.82 Å². The number of aromatic amines is 1. The summed E-state index contributed by atoms with van der Waals surface area (Å²) < 4.78 is 13.0. The van der Waals surface area contributed by atoms with Crippen LogP contribution in [-0.4, -0.2) is 15.2 Å². The van der Waals surface area contributed by atoms with Gasteiger partial charge in [-0.2, -0.15) is 5.10 Å². The summed E-state index contributed by atoms with van der Waals surface area (Å²) in [5.74, 6) is -0.00130. The van der Waals surface area contributed by atoms with Crippen LogP contribution in [-0.2, 0) is 0 Å². The molecule has 4 heteroatoms. The number of H-pyrrole nitrogens is 1. The van der Waals surface area contributed by atoms with Crippen molar-refractivity contribution < 1.29 is 4.39 Å². The van der Waals surface area contributed by atoms with Gasteiger partial charge in [-0.15, -0.1) is 0 Å². The van der Waals surface area contributed by atoms with Crippen molar-refractivity contribution in [3.63, 3.8) is 0 Å². The maximum absolute atomic E-state index is 13.0. The van der Waals surface area contributed by atoms with Crippen LogP contribution in [0.2, 0.25) is 0 Å². The van der Waals surface area contributed by atoms with Crippen LogP contribution in [0.1, 0.15) is 0 Å². The van der Waals surface area contributed by atoms with Crippen molar-refractivity contribution in [3.05, 3.63) is 36.4 Å². The van der Waals surface area contributed by atoms with Crippen molar-refractivity contribution >= 4 is 0 Å². The van der Waals surface area contributed by atoms with E-state index in [-0.39, 0.29) is 5.82 Å². The van der Waals surface area contributed by atoms with Crippen molar-refractivity contribution in [1.29, 1.82) is 0 Å². The standard InChI is InChI=1S/C8H5FN3/c9-7-4-2-1-3-6(7)8-10-5-11-12-8/h1-4H,(H,10,11,12). The summed E-state index contributed by atoms with van der Waals surface area (Å²) in [4.78, 5) is 3.72. The van der Waals surface area contributed by atoms with Crippen molar-refractivity contribution in [1.82, 2.24) is 15.2 Å². The monoisotopic (exact) mass is 162 g/mol. The molecule has 0 bridgehead atoms. The van der Waals surface area contributed by atoms with E-state index in [4.69, 9.17) is 0 Å². The second kappa shape index (κ2) is 2.73. The number of halogens is 1. The molecular formula is C8H5FN3. The highest BCUT2D eigenvalue weighted by atomic mass is 19.1. The van der Waals surface area contributed by atoms with E-state index in [1.54, 1.807) is 18.2 Å². The van der Waals surface area contributed by atoms with Crippen molar-refractivity contribution in [2.45, 2.75) is 0 Å². The summed E-state index contributed by atoms with van der Waals surface area (Å²) in [7, 11) is 0. The van der Waals surface area contributed by atoms with Gasteiger partial charge < -0.3 is 0 Å². The molecule has 0 saturated carbocycles. The van der Waals surface area contributed by atoms with Crippen LogP contribution in [0.25, 0.3) is 11.4 Å². The van der Waals surface area contributed by atoms with Gasteiger partial charge in [0.25, 0.3) is 0 Å². The van der Waals surface area contributed by atoms with Gasteiger partial charge in [-0.25, -0.2) is 9.37 Å². The quantitative estimate of drug-likeness (QED) is 0.688. The Labute approximate surface area is 68.3 Å². The van der Waals surface area contributed by atoms with Gasteiger partial charge in [-0.1, -0.05) is 12.1 Å². The minimum absolute atomic E-state index is 0.327. The molecule has 3 nitrogen and oxygen atoms in total. The Morgan fingerprint density at radius 3 is 2.83 bits per heavy atom. The smallest absolute Gasteiger partial charge is 0.193 e. The second-order valence-electron chi connectivity index (χ2n) is 2.25. The molecule has 1 aromatic heterocycles. The van der Waals surface area contributed by atoms with Crippen molar-refractivity contribution in [2.24, 2.45) is 0 Å². The van der Waals surface area contributed by atoms with Gasteiger partial charge in [0, 0.05) is 0 Å². The van der Waals surface area contributed by atoms with Crippen LogP contribution >= 0.6 is 0 Å². The highest BCUT2D eigenvalue weighted by Gasteiger charge is 2.05. The fourth-order valence-electron chi connectivity index (χ4n) is 0.944. The summed E-state index contributed by atoms with van der Waals surface area (Å²) in [6.45, 7) is 0. The first-order chi connectivity index (χ1) is 5.88. The van der Waals surface area contributed by atoms with Crippen LogP contribution in [0, 0.1) is 12.1 Å². The lowest BCUT2D eigenvalue weighted by molar-refractivity contribution is 0.630. The average Bonchev–Trinajstić information content (AvgIpc) is 2.57. The van der Waals surface area contributed by atoms with E-state index < -0.39 is 0 Å². The lowest BCUT2D eigenvalue weighted by Gasteiger charge is -1.94. The second-order valence-corrected chi connectivity index (χ2v) is 2.25. The van der Waals surface area contributed by atoms with Crippen LogP contribution in [0.3, 0.4) is 0 Å². The van der Waals surface area contributed by atoms with Gasteiger partial charge in [-0.3, -0.25) is 5.10 Å². The summed E-state index contributed by atoms with van der Waals surface area (Å²) in [5, 5.41) is 6.12. The summed E-state index contributed by atoms with van der Waals surface area (Å²) in [5.41, 5.74) is 0.384. The van der Waals surface area contributed by atoms with E-state index in [0.717, 1.165) is 0 Å². The Balaban J connectivity index is 2.55. The molecule has 0 saturated heterocycles. The number of hydrogen-bond donors (Lipinski definition) is 1. The van der Waals surface area contributed by atoms with Gasteiger partial charge in [0.2, 0.25) is 0 Å². The lowest BCUT2D eigenvalue weighted by atomic mass is 10.2. The zero-order valence-electron chi connectivity index (χ0n) is 6.08. The summed E-state index contributed by atoms with van der Waals surface area (Å²) >= 11 is 0. The van der Waals surface area contributed by atoms with Crippen molar-refractivity contribution in [3.8, 4) is 11.4 Å². The highest BCUT2D eigenvalue weighted by molar-refractivity contribution is 5.54. The maximum Gasteiger partial charge on any atom is 0.193 e. The molecule has 2 aromatic rings. The minimum Gasteiger partial charge on any atom is -0.256 e. The molecule has 1 N–H and O–H groups in total. The molecule has 1 aromatic carbocycles. The first kappa shape index (κ1) is 6.97. The molecule has 0 aliphatic heterocycles. The molecule has 0 aliphatic carbocycles. The lowest BCUT2D eigenvalue weighted by Crippen LogP contribution is -1.85. The third kappa shape index (κ3) is 1.07. The fraction of sp³-hybridized carbons (Fsp3) is 0. The van der Waals surface area contributed by atoms with E-state index in [1.165, 1.54) is 6.07 Å². The van der Waals surface area contributed by atoms with Gasteiger partial charge >= 0.3 is 0 Å². The van der Waals surface area contributed by atoms with Gasteiger partial charge in [0.15, 0.2) is 12.2 Å². The largest absolute Gasteiger partial charge is 0.256 e. The van der Waals surface area contributed by atoms with Gasteiger partial charge in [0.05, 0.1) is 5.56 Å². The molecule has 0 atom stereocenters. The van der Waals surface area contributed by atoms with Crippen LogP contribution in [0.4, 0.5) is 4.39 Å². The molecule has 0 amide bonds. The zero-order chi connectivity index (χ0) is 8.39. The molecule has 1 heterocycles. The predicted octanol–water partition coefficient (Wildman–Crippen LogP) is 1.41. The molecule has 1 radical (unpaired) electrons. The topological polar surface area (TPSA) is 41.6 Å². The number of rotatable bonds is 1. The average molecular weight is 162 g/mol. The minimum atomic E-state index is -0.328. The Kier molecular flexibility index (Phi) is 1.59. The molecular weight excluding hydrogens is 157 g/mol. The Morgan fingerprint density at radius 2 is 2.17 bits per heavy atom. The Bertz CT molecular complexity index is 370. The van der Waals surface area contributed by atoms with E-state index in [0.29, 0.717) is 11.4 Å². The maximum atomic E-state index is 13.0. The van der Waals surface area contributed by atoms with E-state index >= 15 is 0 Å². The van der Waals surface area contributed by atoms with E-state index in [2.05, 4.69) is 21.5 Å². The summed E-state index contributed by atoms with van der Waals surface area (Å²) in [6.07, 6.45) is 2.40. The SMILES string of the molecule is Fc1ccccc1-c1n[c][nH]n1. The molecule has 59 valence electrons. The molecule has 0 unspecified atom stereocenters. The third-order valence-corrected chi connectivity index (χ3v) is 1.49. The zero-order valence-corrected chi connectivity index (χ0v) is 6.08. The van der Waals surface area contributed by atoms with E-state index in [9.17, 15) is 4.39 Å². The van der Waals surface area contributed by atoms with Gasteiger partial charge in [-0.05, 0) is 12.1 Å². The summed E-state index contributed by atoms with van der Waals surface area (Å²) in [6, 6.07) is 6.34. The normalized spacial score (nSPS) is 10.1. The number of aromatic nitrogens is 3. The number of nitrogens with one attached hydrogen (secondary N) is 1. The predicted molar refractivity (Wildman–Crippen MR) is 40.6 cm³/mol. The molecule has 0 spiro atoms. The van der Waals surface area contributed by atoms with Crippen LogP contribution < -0.4 is 0 Å². The first-order valence-corrected chi connectivity index (χ1v) is 3.41. The van der Waals surface area contributed by atoms with Crippen molar-refractivity contribution in [2.75, 3.05) is 0 Å². The highest BCUT2D eigenvalue weighted by Crippen LogP contribution is 2.16. The molecule has 0 fully saturated rings. The molecule has 12 heavy (non-hydrogen) atoms. The van der Waals surface area contributed by atoms with Crippen LogP contribution in [0.5, 0.6) is 0 Å². The Hall–Kier alpha value is -1.71. The van der Waals surface area contributed by atoms with Crippen LogP contribution in [0.15, 0.2) is 24.3 Å². The number of benzene rings is 1. The van der Waals surface area contributed by atoms with E-state index in [1.807, 2.05) is 0 Å². The first-order valence-electron chi connectivity index (χ1n) is 3.41. The molecule has 0 aliphatic rings. The fourth-order valence-corrected chi connectivity index (χ4v) is 0.944. The number of hydrogen-bond acceptors (Lipinski definition) is 2. The Morgan fingerprint density at radius 1 is 1.33 bits per heavy atom. The molecule has 2 rings (SSSR count). The third-order valence-electron chi connectivity index (χ3n) is 1.49.